The van der Waals surface area contributed by atoms with Crippen LogP contribution < -0.4 is 10.1 Å². The molecule has 10 heteroatoms. The Bertz CT molecular complexity index is 1080. The maximum absolute atomic E-state index is 12.8. The third-order valence-corrected chi connectivity index (χ3v) is 6.04. The number of thioether (sulfide) groups is 1. The molecule has 144 valence electrons. The number of hydrogen-bond acceptors (Lipinski definition) is 9. The van der Waals surface area contributed by atoms with Crippen molar-refractivity contribution in [3.63, 3.8) is 0 Å². The Kier molecular flexibility index (Phi) is 4.90. The van der Waals surface area contributed by atoms with Crippen LogP contribution in [0.15, 0.2) is 27.8 Å². The van der Waals surface area contributed by atoms with Crippen molar-refractivity contribution < 1.29 is 18.7 Å². The van der Waals surface area contributed by atoms with Crippen LogP contribution >= 0.6 is 23.1 Å². The van der Waals surface area contributed by atoms with Crippen LogP contribution in [0.2, 0.25) is 0 Å². The van der Waals surface area contributed by atoms with Crippen molar-refractivity contribution in [2.45, 2.75) is 31.2 Å². The molecule has 1 amide bonds. The molecule has 0 radical (unpaired) electrons. The van der Waals surface area contributed by atoms with E-state index in [2.05, 4.69) is 20.5 Å². The largest absolute Gasteiger partial charge is 0.482 e. The zero-order chi connectivity index (χ0) is 19.8. The topological polar surface area (TPSA) is 107 Å². The fourth-order valence-electron chi connectivity index (χ4n) is 2.75. The molecule has 0 saturated carbocycles. The average Bonchev–Trinajstić information content (AvgIpc) is 3.25. The molecule has 0 fully saturated rings. The number of hydrogen-bond donors (Lipinski definition) is 1. The number of ether oxygens (including phenoxy) is 1. The number of rotatable bonds is 5. The minimum Gasteiger partial charge on any atom is -0.482 e. The van der Waals surface area contributed by atoms with Gasteiger partial charge in [-0.05, 0) is 39.0 Å². The number of benzene rings is 1. The lowest BCUT2D eigenvalue weighted by atomic mass is 10.1. The number of fused-ring (bicyclic) bond motifs is 1. The van der Waals surface area contributed by atoms with Crippen molar-refractivity contribution in [1.29, 1.82) is 0 Å². The number of ketones is 1. The van der Waals surface area contributed by atoms with Gasteiger partial charge in [0.1, 0.15) is 10.6 Å². The van der Waals surface area contributed by atoms with Crippen LogP contribution in [0.25, 0.3) is 10.8 Å². The van der Waals surface area contributed by atoms with Crippen LogP contribution in [0.5, 0.6) is 5.75 Å². The van der Waals surface area contributed by atoms with E-state index in [1.165, 1.54) is 23.1 Å². The van der Waals surface area contributed by atoms with Gasteiger partial charge in [0.15, 0.2) is 12.4 Å². The van der Waals surface area contributed by atoms with Crippen molar-refractivity contribution in [2.24, 2.45) is 0 Å². The molecule has 28 heavy (non-hydrogen) atoms. The summed E-state index contributed by atoms with van der Waals surface area (Å²) >= 11 is 2.67. The molecular weight excluding hydrogens is 400 g/mol. The molecule has 1 aliphatic heterocycles. The molecule has 1 N–H and O–H groups in total. The van der Waals surface area contributed by atoms with Crippen LogP contribution in [0, 0.1) is 13.8 Å². The SMILES string of the molecule is Cc1nc(C)c(-c2nnc(SC(C)C(=O)c3ccc4c(c3)NC(=O)CO4)o2)s1. The van der Waals surface area contributed by atoms with E-state index < -0.39 is 5.25 Å². The number of carbonyl (C=O) groups excluding carboxylic acids is 2. The lowest BCUT2D eigenvalue weighted by molar-refractivity contribution is -0.118. The van der Waals surface area contributed by atoms with E-state index in [0.29, 0.717) is 28.1 Å². The zero-order valence-corrected chi connectivity index (χ0v) is 16.9. The van der Waals surface area contributed by atoms with E-state index in [4.69, 9.17) is 9.15 Å². The highest BCUT2D eigenvalue weighted by molar-refractivity contribution is 8.00. The number of amides is 1. The molecule has 0 aliphatic carbocycles. The van der Waals surface area contributed by atoms with Gasteiger partial charge in [-0.15, -0.1) is 21.5 Å². The molecule has 1 aliphatic rings. The summed E-state index contributed by atoms with van der Waals surface area (Å²) in [5.41, 5.74) is 1.80. The summed E-state index contributed by atoms with van der Waals surface area (Å²) in [7, 11) is 0. The summed E-state index contributed by atoms with van der Waals surface area (Å²) in [4.78, 5) is 29.4. The molecule has 0 saturated heterocycles. The molecule has 2 aromatic heterocycles. The van der Waals surface area contributed by atoms with Crippen LogP contribution in [-0.4, -0.2) is 38.7 Å². The van der Waals surface area contributed by atoms with Crippen LogP contribution in [0.1, 0.15) is 28.0 Å². The number of aryl methyl sites for hydroxylation is 2. The highest BCUT2D eigenvalue weighted by Crippen LogP contribution is 2.33. The Morgan fingerprint density at radius 3 is 2.89 bits per heavy atom. The van der Waals surface area contributed by atoms with Gasteiger partial charge in [0.25, 0.3) is 17.0 Å². The van der Waals surface area contributed by atoms with Crippen molar-refractivity contribution >= 4 is 40.5 Å². The van der Waals surface area contributed by atoms with Gasteiger partial charge in [0.2, 0.25) is 0 Å². The first kappa shape index (κ1) is 18.6. The second-order valence-corrected chi connectivity index (χ2v) is 8.69. The molecule has 8 nitrogen and oxygen atoms in total. The second-order valence-electron chi connectivity index (χ2n) is 6.19. The maximum Gasteiger partial charge on any atom is 0.277 e. The summed E-state index contributed by atoms with van der Waals surface area (Å²) in [5, 5.41) is 11.6. The number of nitrogens with zero attached hydrogens (tertiary/aromatic N) is 3. The summed E-state index contributed by atoms with van der Waals surface area (Å²) in [5.74, 6) is 0.593. The third-order valence-electron chi connectivity index (χ3n) is 4.05. The van der Waals surface area contributed by atoms with Gasteiger partial charge < -0.3 is 14.5 Å². The van der Waals surface area contributed by atoms with Crippen LogP contribution in [-0.2, 0) is 4.79 Å². The molecule has 3 aromatic rings. The first-order valence-corrected chi connectivity index (χ1v) is 10.2. The lowest BCUT2D eigenvalue weighted by Gasteiger charge is -2.18. The molecular formula is C18H16N4O4S2. The first-order chi connectivity index (χ1) is 13.4. The van der Waals surface area contributed by atoms with Crippen molar-refractivity contribution in [2.75, 3.05) is 11.9 Å². The molecule has 4 rings (SSSR count). The second kappa shape index (κ2) is 7.36. The molecule has 1 aromatic carbocycles. The number of anilines is 1. The Labute approximate surface area is 168 Å². The van der Waals surface area contributed by atoms with Crippen molar-refractivity contribution in [1.82, 2.24) is 15.2 Å². The number of thiazole rings is 1. The van der Waals surface area contributed by atoms with Gasteiger partial charge in [0.05, 0.1) is 21.6 Å². The fourth-order valence-corrected chi connectivity index (χ4v) is 4.36. The quantitative estimate of drug-likeness (QED) is 0.497. The smallest absolute Gasteiger partial charge is 0.277 e. The fraction of sp³-hybridized carbons (Fsp3) is 0.278. The average molecular weight is 416 g/mol. The monoisotopic (exact) mass is 416 g/mol. The summed E-state index contributed by atoms with van der Waals surface area (Å²) in [6.45, 7) is 5.55. The van der Waals surface area contributed by atoms with E-state index in [1.54, 1.807) is 25.1 Å². The Hall–Kier alpha value is -2.72. The summed E-state index contributed by atoms with van der Waals surface area (Å²) in [6, 6.07) is 4.98. The standard InChI is InChI=1S/C18H16N4O4S2/c1-8-16(28-10(3)19-8)17-21-22-18(26-17)27-9(2)15(24)11-4-5-13-12(6-11)20-14(23)7-25-13/h4-6,9H,7H2,1-3H3,(H,20,23). The Morgan fingerprint density at radius 2 is 2.14 bits per heavy atom. The summed E-state index contributed by atoms with van der Waals surface area (Å²) in [6.07, 6.45) is 0. The minimum atomic E-state index is -0.448. The van der Waals surface area contributed by atoms with Gasteiger partial charge in [-0.1, -0.05) is 11.8 Å². The van der Waals surface area contributed by atoms with E-state index in [0.717, 1.165) is 15.6 Å². The van der Waals surface area contributed by atoms with Gasteiger partial charge in [-0.2, -0.15) is 0 Å². The van der Waals surface area contributed by atoms with Gasteiger partial charge in [-0.3, -0.25) is 9.59 Å². The normalized spacial score (nSPS) is 14.2. The molecule has 0 spiro atoms. The molecule has 1 unspecified atom stereocenters. The molecule has 1 atom stereocenters. The lowest BCUT2D eigenvalue weighted by Crippen LogP contribution is -2.25. The zero-order valence-electron chi connectivity index (χ0n) is 15.3. The van der Waals surface area contributed by atoms with Crippen molar-refractivity contribution in [3.8, 4) is 16.5 Å². The van der Waals surface area contributed by atoms with E-state index in [1.807, 2.05) is 13.8 Å². The van der Waals surface area contributed by atoms with E-state index >= 15 is 0 Å². The van der Waals surface area contributed by atoms with Gasteiger partial charge in [-0.25, -0.2) is 4.98 Å². The minimum absolute atomic E-state index is 0.0230. The van der Waals surface area contributed by atoms with Gasteiger partial charge in [0, 0.05) is 5.56 Å². The third kappa shape index (κ3) is 3.65. The Morgan fingerprint density at radius 1 is 1.32 bits per heavy atom. The van der Waals surface area contributed by atoms with Crippen LogP contribution in [0.4, 0.5) is 5.69 Å². The van der Waals surface area contributed by atoms with Crippen LogP contribution in [0.3, 0.4) is 0 Å². The predicted molar refractivity (Wildman–Crippen MR) is 105 cm³/mol. The number of aromatic nitrogens is 3. The maximum atomic E-state index is 12.8. The molecule has 3 heterocycles. The van der Waals surface area contributed by atoms with Crippen molar-refractivity contribution in [3.05, 3.63) is 34.5 Å². The highest BCUT2D eigenvalue weighted by Gasteiger charge is 2.23. The first-order valence-electron chi connectivity index (χ1n) is 8.46. The van der Waals surface area contributed by atoms with E-state index in [-0.39, 0.29) is 18.3 Å². The number of carbonyl (C=O) groups is 2. The van der Waals surface area contributed by atoms with Gasteiger partial charge >= 0.3 is 0 Å². The predicted octanol–water partition coefficient (Wildman–Crippen LogP) is 3.50. The Balaban J connectivity index is 1.49. The summed E-state index contributed by atoms with van der Waals surface area (Å²) < 4.78 is 11.0. The highest BCUT2D eigenvalue weighted by atomic mass is 32.2. The number of Topliss-reactive ketones (excluding diaryl/α,β-unsaturated/α-hetero) is 1. The van der Waals surface area contributed by atoms with E-state index in [9.17, 15) is 9.59 Å². The number of nitrogens with one attached hydrogen (secondary N) is 1. The molecule has 0 bridgehead atoms.